The fourth-order valence-corrected chi connectivity index (χ4v) is 3.26. The average molecular weight is 308 g/mol. The molecule has 1 aromatic heterocycles. The molecule has 0 aliphatic carbocycles. The summed E-state index contributed by atoms with van der Waals surface area (Å²) < 4.78 is 11.8. The van der Waals surface area contributed by atoms with Gasteiger partial charge in [-0.2, -0.15) is 0 Å². The van der Waals surface area contributed by atoms with Gasteiger partial charge >= 0.3 is 0 Å². The predicted molar refractivity (Wildman–Crippen MR) is 85.8 cm³/mol. The van der Waals surface area contributed by atoms with Gasteiger partial charge in [-0.05, 0) is 51.3 Å². The number of nitrogens with one attached hydrogen (secondary N) is 1. The van der Waals surface area contributed by atoms with Crippen LogP contribution in [0.1, 0.15) is 43.9 Å². The topological polar surface area (TPSA) is 34.4 Å². The summed E-state index contributed by atoms with van der Waals surface area (Å²) in [6.07, 6.45) is 6.16. The maximum atomic E-state index is 6.18. The van der Waals surface area contributed by atoms with Crippen molar-refractivity contribution in [2.45, 2.75) is 44.2 Å². The first-order chi connectivity index (χ1) is 10.3. The van der Waals surface area contributed by atoms with E-state index in [0.717, 1.165) is 36.2 Å². The smallest absolute Gasteiger partial charge is 0.152 e. The van der Waals surface area contributed by atoms with Gasteiger partial charge in [0.05, 0.1) is 17.2 Å². The zero-order valence-corrected chi connectivity index (χ0v) is 13.2. The molecule has 0 spiro atoms. The van der Waals surface area contributed by atoms with Gasteiger partial charge in [0.1, 0.15) is 5.76 Å². The monoisotopic (exact) mass is 307 g/mol. The lowest BCUT2D eigenvalue weighted by molar-refractivity contribution is 0.00836. The molecular formula is C17H22ClNO2. The minimum Gasteiger partial charge on any atom is -0.458 e. The summed E-state index contributed by atoms with van der Waals surface area (Å²) in [5.74, 6) is 0.955. The van der Waals surface area contributed by atoms with Crippen LogP contribution in [0.4, 0.5) is 0 Å². The number of rotatable bonds is 5. The van der Waals surface area contributed by atoms with Gasteiger partial charge in [0.25, 0.3) is 0 Å². The number of furan rings is 1. The summed E-state index contributed by atoms with van der Waals surface area (Å²) in [5.41, 5.74) is 0.781. The Morgan fingerprint density at radius 2 is 2.29 bits per heavy atom. The Labute approximate surface area is 130 Å². The Kier molecular flexibility index (Phi) is 4.84. The SMILES string of the molecule is CNC(CCC1CCCCO1)c1cc2cccc(Cl)c2o1. The Bertz CT molecular complexity index is 589. The zero-order valence-electron chi connectivity index (χ0n) is 12.4. The molecule has 114 valence electrons. The second kappa shape index (κ2) is 6.82. The van der Waals surface area contributed by atoms with Gasteiger partial charge < -0.3 is 14.5 Å². The summed E-state index contributed by atoms with van der Waals surface area (Å²) in [7, 11) is 1.97. The predicted octanol–water partition coefficient (Wildman–Crippen LogP) is 4.70. The molecule has 2 unspecified atom stereocenters. The summed E-state index contributed by atoms with van der Waals surface area (Å²) in [4.78, 5) is 0. The normalized spacial score (nSPS) is 20.8. The molecule has 3 nitrogen and oxygen atoms in total. The molecule has 2 aromatic rings. The van der Waals surface area contributed by atoms with Crippen molar-refractivity contribution in [2.75, 3.05) is 13.7 Å². The second-order valence-electron chi connectivity index (χ2n) is 5.71. The maximum absolute atomic E-state index is 6.18. The van der Waals surface area contributed by atoms with Crippen molar-refractivity contribution in [1.82, 2.24) is 5.32 Å². The summed E-state index contributed by atoms with van der Waals surface area (Å²) >= 11 is 6.18. The zero-order chi connectivity index (χ0) is 14.7. The van der Waals surface area contributed by atoms with Crippen molar-refractivity contribution >= 4 is 22.6 Å². The highest BCUT2D eigenvalue weighted by atomic mass is 35.5. The third kappa shape index (κ3) is 3.42. The van der Waals surface area contributed by atoms with Crippen LogP contribution in [0.5, 0.6) is 0 Å². The van der Waals surface area contributed by atoms with Gasteiger partial charge in [0.2, 0.25) is 0 Å². The van der Waals surface area contributed by atoms with E-state index in [1.165, 1.54) is 19.3 Å². The van der Waals surface area contributed by atoms with Crippen LogP contribution in [0.3, 0.4) is 0 Å². The molecule has 1 aromatic carbocycles. The maximum Gasteiger partial charge on any atom is 0.152 e. The second-order valence-corrected chi connectivity index (χ2v) is 6.12. The van der Waals surface area contributed by atoms with Crippen LogP contribution in [-0.2, 0) is 4.74 Å². The van der Waals surface area contributed by atoms with Crippen LogP contribution in [0.2, 0.25) is 5.02 Å². The summed E-state index contributed by atoms with van der Waals surface area (Å²) in [5, 5.41) is 5.08. The molecule has 2 heterocycles. The first-order valence-electron chi connectivity index (χ1n) is 7.75. The number of ether oxygens (including phenoxy) is 1. The highest BCUT2D eigenvalue weighted by molar-refractivity contribution is 6.34. The van der Waals surface area contributed by atoms with E-state index in [2.05, 4.69) is 11.4 Å². The Morgan fingerprint density at radius 1 is 1.38 bits per heavy atom. The van der Waals surface area contributed by atoms with Crippen molar-refractivity contribution < 1.29 is 9.15 Å². The van der Waals surface area contributed by atoms with Crippen LogP contribution in [0.25, 0.3) is 11.0 Å². The molecule has 3 rings (SSSR count). The van der Waals surface area contributed by atoms with E-state index in [1.807, 2.05) is 25.2 Å². The molecule has 1 aliphatic heterocycles. The first-order valence-corrected chi connectivity index (χ1v) is 8.12. The highest BCUT2D eigenvalue weighted by Crippen LogP contribution is 2.31. The number of halogens is 1. The van der Waals surface area contributed by atoms with E-state index in [4.69, 9.17) is 20.8 Å². The standard InChI is InChI=1S/C17H22ClNO2/c1-19-15(9-8-13-6-2-3-10-20-13)16-11-12-5-4-7-14(18)17(12)21-16/h4-5,7,11,13,15,19H,2-3,6,8-10H2,1H3. The number of benzene rings is 1. The van der Waals surface area contributed by atoms with Crippen LogP contribution in [-0.4, -0.2) is 19.8 Å². The highest BCUT2D eigenvalue weighted by Gasteiger charge is 2.19. The van der Waals surface area contributed by atoms with E-state index in [0.29, 0.717) is 11.1 Å². The third-order valence-corrected chi connectivity index (χ3v) is 4.56. The third-order valence-electron chi connectivity index (χ3n) is 4.26. The minimum atomic E-state index is 0.207. The van der Waals surface area contributed by atoms with Crippen molar-refractivity contribution in [2.24, 2.45) is 0 Å². The summed E-state index contributed by atoms with van der Waals surface area (Å²) in [6, 6.07) is 8.14. The van der Waals surface area contributed by atoms with Crippen LogP contribution in [0, 0.1) is 0 Å². The molecule has 1 fully saturated rings. The lowest BCUT2D eigenvalue weighted by Crippen LogP contribution is -2.22. The van der Waals surface area contributed by atoms with Gasteiger partial charge in [-0.1, -0.05) is 23.7 Å². The van der Waals surface area contributed by atoms with Gasteiger partial charge in [0.15, 0.2) is 5.58 Å². The van der Waals surface area contributed by atoms with Crippen molar-refractivity contribution in [3.63, 3.8) is 0 Å². The van der Waals surface area contributed by atoms with Crippen LogP contribution in [0.15, 0.2) is 28.7 Å². The van der Waals surface area contributed by atoms with Crippen molar-refractivity contribution in [1.29, 1.82) is 0 Å². The van der Waals surface area contributed by atoms with Gasteiger partial charge in [-0.15, -0.1) is 0 Å². The molecule has 2 atom stereocenters. The molecule has 1 aliphatic rings. The van der Waals surface area contributed by atoms with Crippen LogP contribution >= 0.6 is 11.6 Å². The van der Waals surface area contributed by atoms with E-state index >= 15 is 0 Å². The van der Waals surface area contributed by atoms with Crippen molar-refractivity contribution in [3.05, 3.63) is 35.0 Å². The molecular weight excluding hydrogens is 286 g/mol. The molecule has 4 heteroatoms. The van der Waals surface area contributed by atoms with Gasteiger partial charge in [0, 0.05) is 12.0 Å². The molecule has 0 amide bonds. The summed E-state index contributed by atoms with van der Waals surface area (Å²) in [6.45, 7) is 0.912. The number of fused-ring (bicyclic) bond motifs is 1. The van der Waals surface area contributed by atoms with E-state index in [-0.39, 0.29) is 6.04 Å². The number of hydrogen-bond acceptors (Lipinski definition) is 3. The van der Waals surface area contributed by atoms with Gasteiger partial charge in [-0.25, -0.2) is 0 Å². The van der Waals surface area contributed by atoms with E-state index in [1.54, 1.807) is 0 Å². The van der Waals surface area contributed by atoms with Crippen LogP contribution < -0.4 is 5.32 Å². The molecule has 0 radical (unpaired) electrons. The molecule has 21 heavy (non-hydrogen) atoms. The van der Waals surface area contributed by atoms with Crippen molar-refractivity contribution in [3.8, 4) is 0 Å². The largest absolute Gasteiger partial charge is 0.458 e. The van der Waals surface area contributed by atoms with Gasteiger partial charge in [-0.3, -0.25) is 0 Å². The van der Waals surface area contributed by atoms with E-state index < -0.39 is 0 Å². The lowest BCUT2D eigenvalue weighted by Gasteiger charge is -2.24. The molecule has 0 saturated carbocycles. The Balaban J connectivity index is 1.70. The number of hydrogen-bond donors (Lipinski definition) is 1. The molecule has 0 bridgehead atoms. The molecule has 1 saturated heterocycles. The minimum absolute atomic E-state index is 0.207. The lowest BCUT2D eigenvalue weighted by atomic mass is 10.0. The fraction of sp³-hybridized carbons (Fsp3) is 0.529. The van der Waals surface area contributed by atoms with E-state index in [9.17, 15) is 0 Å². The number of para-hydroxylation sites is 1. The first kappa shape index (κ1) is 14.9. The molecule has 1 N–H and O–H groups in total. The Morgan fingerprint density at radius 3 is 3.00 bits per heavy atom. The average Bonchev–Trinajstić information content (AvgIpc) is 2.94. The fourth-order valence-electron chi connectivity index (χ4n) is 3.04. The quantitative estimate of drug-likeness (QED) is 0.869. The Hall–Kier alpha value is -1.03.